The van der Waals surface area contributed by atoms with Crippen LogP contribution in [0.1, 0.15) is 11.5 Å². The van der Waals surface area contributed by atoms with Crippen LogP contribution in [0.3, 0.4) is 0 Å². The molecule has 1 aliphatic heterocycles. The maximum Gasteiger partial charge on any atom is 0.321 e. The summed E-state index contributed by atoms with van der Waals surface area (Å²) in [7, 11) is 3.38. The predicted molar refractivity (Wildman–Crippen MR) is 89.2 cm³/mol. The van der Waals surface area contributed by atoms with E-state index in [0.717, 1.165) is 11.5 Å². The third-order valence-electron chi connectivity index (χ3n) is 3.79. The molecule has 3 rings (SSSR count). The van der Waals surface area contributed by atoms with Gasteiger partial charge in [-0.3, -0.25) is 4.79 Å². The summed E-state index contributed by atoms with van der Waals surface area (Å²) in [5.41, 5.74) is 2.23. The van der Waals surface area contributed by atoms with E-state index in [0.29, 0.717) is 23.7 Å². The van der Waals surface area contributed by atoms with Gasteiger partial charge in [0, 0.05) is 37.7 Å². The Hall–Kier alpha value is -3.03. The molecule has 0 bridgehead atoms. The van der Waals surface area contributed by atoms with E-state index >= 15 is 0 Å². The lowest BCUT2D eigenvalue weighted by Gasteiger charge is -2.26. The van der Waals surface area contributed by atoms with Gasteiger partial charge in [-0.1, -0.05) is 0 Å². The highest BCUT2D eigenvalue weighted by molar-refractivity contribution is 5.98. The molecule has 0 atom stereocenters. The summed E-state index contributed by atoms with van der Waals surface area (Å²) >= 11 is 0. The molecule has 2 aromatic rings. The standard InChI is InChI=1S/C16H19N5O3/c1-10-7-17-14(18-10)8-20(2)16(23)19-11-4-5-12-13(6-11)24-9-15(22)21(12)3/h4-7H,8-9H2,1-3H3,(H,17,18)(H,19,23). The first-order valence-corrected chi connectivity index (χ1v) is 7.50. The quantitative estimate of drug-likeness (QED) is 0.897. The zero-order chi connectivity index (χ0) is 17.3. The minimum absolute atomic E-state index is 0.00134. The number of hydrogen-bond acceptors (Lipinski definition) is 4. The number of nitrogens with one attached hydrogen (secondary N) is 2. The van der Waals surface area contributed by atoms with Gasteiger partial charge in [0.2, 0.25) is 0 Å². The fraction of sp³-hybridized carbons (Fsp3) is 0.312. The highest BCUT2D eigenvalue weighted by Crippen LogP contribution is 2.33. The molecule has 126 valence electrons. The van der Waals surface area contributed by atoms with Crippen molar-refractivity contribution in [3.63, 3.8) is 0 Å². The van der Waals surface area contributed by atoms with Crippen molar-refractivity contribution in [2.24, 2.45) is 0 Å². The highest BCUT2D eigenvalue weighted by atomic mass is 16.5. The lowest BCUT2D eigenvalue weighted by Crippen LogP contribution is -2.35. The van der Waals surface area contributed by atoms with Crippen molar-refractivity contribution in [3.8, 4) is 5.75 Å². The SMILES string of the molecule is Cc1cnc(CN(C)C(=O)Nc2ccc3c(c2)OCC(=O)N3C)[nH]1. The molecule has 8 heteroatoms. The molecular formula is C16H19N5O3. The maximum absolute atomic E-state index is 12.3. The van der Waals surface area contributed by atoms with Gasteiger partial charge in [0.1, 0.15) is 11.6 Å². The molecule has 8 nitrogen and oxygen atoms in total. The van der Waals surface area contributed by atoms with Crippen LogP contribution in [0.25, 0.3) is 0 Å². The summed E-state index contributed by atoms with van der Waals surface area (Å²) in [6.07, 6.45) is 1.72. The number of amides is 3. The van der Waals surface area contributed by atoms with E-state index in [1.54, 1.807) is 38.5 Å². The van der Waals surface area contributed by atoms with E-state index < -0.39 is 0 Å². The third-order valence-corrected chi connectivity index (χ3v) is 3.79. The Bertz CT molecular complexity index is 786. The van der Waals surface area contributed by atoms with Gasteiger partial charge >= 0.3 is 6.03 Å². The number of hydrogen-bond donors (Lipinski definition) is 2. The molecule has 1 aromatic carbocycles. The molecule has 3 amide bonds. The predicted octanol–water partition coefficient (Wildman–Crippen LogP) is 1.74. The Kier molecular flexibility index (Phi) is 4.11. The summed E-state index contributed by atoms with van der Waals surface area (Å²) < 4.78 is 5.42. The molecule has 0 unspecified atom stereocenters. The Morgan fingerprint density at radius 2 is 2.29 bits per heavy atom. The van der Waals surface area contributed by atoms with Gasteiger partial charge < -0.3 is 24.8 Å². The Morgan fingerprint density at radius 3 is 3.00 bits per heavy atom. The van der Waals surface area contributed by atoms with Gasteiger partial charge in [-0.25, -0.2) is 9.78 Å². The third kappa shape index (κ3) is 3.17. The van der Waals surface area contributed by atoms with Crippen molar-refractivity contribution in [2.75, 3.05) is 30.9 Å². The lowest BCUT2D eigenvalue weighted by atomic mass is 10.2. The smallest absolute Gasteiger partial charge is 0.321 e. The van der Waals surface area contributed by atoms with Crippen LogP contribution in [0.15, 0.2) is 24.4 Å². The number of rotatable bonds is 3. The van der Waals surface area contributed by atoms with Crippen LogP contribution in [0.4, 0.5) is 16.2 Å². The minimum Gasteiger partial charge on any atom is -0.481 e. The fourth-order valence-electron chi connectivity index (χ4n) is 2.42. The molecule has 0 spiro atoms. The number of carbonyl (C=O) groups is 2. The number of carbonyl (C=O) groups excluding carboxylic acids is 2. The van der Waals surface area contributed by atoms with Gasteiger partial charge in [0.05, 0.1) is 12.2 Å². The Balaban J connectivity index is 1.67. The second-order valence-electron chi connectivity index (χ2n) is 5.72. The van der Waals surface area contributed by atoms with Crippen molar-refractivity contribution in [1.82, 2.24) is 14.9 Å². The Morgan fingerprint density at radius 1 is 1.50 bits per heavy atom. The molecule has 2 N–H and O–H groups in total. The second kappa shape index (κ2) is 6.23. The fourth-order valence-corrected chi connectivity index (χ4v) is 2.42. The van der Waals surface area contributed by atoms with Gasteiger partial charge in [-0.2, -0.15) is 0 Å². The number of anilines is 2. The molecule has 1 aromatic heterocycles. The van der Waals surface area contributed by atoms with E-state index in [1.807, 2.05) is 6.92 Å². The van der Waals surface area contributed by atoms with Crippen molar-refractivity contribution in [1.29, 1.82) is 0 Å². The summed E-state index contributed by atoms with van der Waals surface area (Å²) in [4.78, 5) is 34.2. The number of fused-ring (bicyclic) bond motifs is 1. The number of aromatic nitrogens is 2. The molecule has 1 aliphatic rings. The molecule has 2 heterocycles. The first-order chi connectivity index (χ1) is 11.4. The number of imidazole rings is 1. The first kappa shape index (κ1) is 15.9. The molecule has 0 aliphatic carbocycles. The van der Waals surface area contributed by atoms with Crippen LogP contribution in [0.2, 0.25) is 0 Å². The maximum atomic E-state index is 12.3. The van der Waals surface area contributed by atoms with Crippen molar-refractivity contribution >= 4 is 23.3 Å². The number of aromatic amines is 1. The van der Waals surface area contributed by atoms with Crippen LogP contribution in [-0.2, 0) is 11.3 Å². The van der Waals surface area contributed by atoms with Gasteiger partial charge in [0.25, 0.3) is 5.91 Å². The average molecular weight is 329 g/mol. The highest BCUT2D eigenvalue weighted by Gasteiger charge is 2.22. The summed E-state index contributed by atoms with van der Waals surface area (Å²) in [6.45, 7) is 2.28. The zero-order valence-corrected chi connectivity index (χ0v) is 13.8. The zero-order valence-electron chi connectivity index (χ0n) is 13.8. The molecule has 0 saturated carbocycles. The van der Waals surface area contributed by atoms with E-state index in [4.69, 9.17) is 4.74 Å². The van der Waals surface area contributed by atoms with Crippen LogP contribution in [0, 0.1) is 6.92 Å². The Labute approximate surface area is 139 Å². The molecular weight excluding hydrogens is 310 g/mol. The van der Waals surface area contributed by atoms with Crippen LogP contribution < -0.4 is 15.0 Å². The number of aryl methyl sites for hydroxylation is 1. The molecule has 24 heavy (non-hydrogen) atoms. The monoisotopic (exact) mass is 329 g/mol. The normalized spacial score (nSPS) is 13.3. The van der Waals surface area contributed by atoms with E-state index in [1.165, 1.54) is 9.80 Å². The van der Waals surface area contributed by atoms with Gasteiger partial charge in [-0.15, -0.1) is 0 Å². The largest absolute Gasteiger partial charge is 0.481 e. The lowest BCUT2D eigenvalue weighted by molar-refractivity contribution is -0.120. The van der Waals surface area contributed by atoms with Crippen LogP contribution in [0.5, 0.6) is 5.75 Å². The van der Waals surface area contributed by atoms with Crippen molar-refractivity contribution in [3.05, 3.63) is 35.9 Å². The number of urea groups is 1. The molecule has 0 radical (unpaired) electrons. The molecule has 0 fully saturated rings. The number of ether oxygens (including phenoxy) is 1. The van der Waals surface area contributed by atoms with E-state index in [9.17, 15) is 9.59 Å². The number of H-pyrrole nitrogens is 1. The minimum atomic E-state index is -0.260. The van der Waals surface area contributed by atoms with Crippen LogP contribution in [-0.4, -0.2) is 47.5 Å². The average Bonchev–Trinajstić information content (AvgIpc) is 2.96. The van der Waals surface area contributed by atoms with Gasteiger partial charge in [0.15, 0.2) is 6.61 Å². The summed E-state index contributed by atoms with van der Waals surface area (Å²) in [5.74, 6) is 1.19. The van der Waals surface area contributed by atoms with Crippen molar-refractivity contribution < 1.29 is 14.3 Å². The molecule has 0 saturated heterocycles. The van der Waals surface area contributed by atoms with Gasteiger partial charge in [-0.05, 0) is 19.1 Å². The van der Waals surface area contributed by atoms with Crippen molar-refractivity contribution in [2.45, 2.75) is 13.5 Å². The number of nitrogens with zero attached hydrogens (tertiary/aromatic N) is 3. The first-order valence-electron chi connectivity index (χ1n) is 7.50. The van der Waals surface area contributed by atoms with E-state index in [2.05, 4.69) is 15.3 Å². The van der Waals surface area contributed by atoms with E-state index in [-0.39, 0.29) is 18.5 Å². The summed E-state index contributed by atoms with van der Waals surface area (Å²) in [5, 5.41) is 2.81. The summed E-state index contributed by atoms with van der Waals surface area (Å²) in [6, 6.07) is 4.93. The number of benzene rings is 1. The second-order valence-corrected chi connectivity index (χ2v) is 5.72. The number of likely N-dealkylation sites (N-methyl/N-ethyl adjacent to an activating group) is 1. The van der Waals surface area contributed by atoms with Crippen LogP contribution >= 0.6 is 0 Å². The topological polar surface area (TPSA) is 90.6 Å².